The van der Waals surface area contributed by atoms with Crippen LogP contribution < -0.4 is 11.1 Å². The highest BCUT2D eigenvalue weighted by Gasteiger charge is 2.05. The third-order valence-electron chi connectivity index (χ3n) is 1.61. The van der Waals surface area contributed by atoms with E-state index in [1.54, 1.807) is 0 Å². The summed E-state index contributed by atoms with van der Waals surface area (Å²) >= 11 is 0. The largest absolute Gasteiger partial charge is 0.465 e. The van der Waals surface area contributed by atoms with Crippen LogP contribution in [0.15, 0.2) is 30.3 Å². The molecule has 1 aromatic carbocycles. The molecule has 70 valence electrons. The fourth-order valence-electron chi connectivity index (χ4n) is 1.08. The SMILES string of the molecule is NC(Cc1ccccc1)NC(=O)O. The number of rotatable bonds is 3. The summed E-state index contributed by atoms with van der Waals surface area (Å²) in [5, 5.41) is 10.6. The van der Waals surface area contributed by atoms with E-state index in [1.807, 2.05) is 30.3 Å². The van der Waals surface area contributed by atoms with E-state index < -0.39 is 12.3 Å². The zero-order chi connectivity index (χ0) is 9.68. The number of benzene rings is 1. The molecule has 4 N–H and O–H groups in total. The second-order valence-corrected chi connectivity index (χ2v) is 2.75. The van der Waals surface area contributed by atoms with Crippen molar-refractivity contribution < 1.29 is 9.90 Å². The first-order valence-corrected chi connectivity index (χ1v) is 3.97. The van der Waals surface area contributed by atoms with Crippen LogP contribution in [-0.2, 0) is 6.42 Å². The van der Waals surface area contributed by atoms with Crippen LogP contribution in [0.4, 0.5) is 4.79 Å². The van der Waals surface area contributed by atoms with Crippen LogP contribution in [0.3, 0.4) is 0 Å². The molecule has 0 fully saturated rings. The molecule has 0 saturated heterocycles. The maximum atomic E-state index is 10.2. The molecule has 0 bridgehead atoms. The molecule has 0 heterocycles. The number of nitrogens with two attached hydrogens (primary N) is 1. The van der Waals surface area contributed by atoms with Gasteiger partial charge in [-0.1, -0.05) is 30.3 Å². The number of amides is 1. The minimum atomic E-state index is -1.09. The molecule has 0 aliphatic heterocycles. The summed E-state index contributed by atoms with van der Waals surface area (Å²) in [4.78, 5) is 10.2. The molecule has 0 saturated carbocycles. The predicted octanol–water partition coefficient (Wildman–Crippen LogP) is 0.782. The normalized spacial score (nSPS) is 12.1. The van der Waals surface area contributed by atoms with Gasteiger partial charge in [-0.15, -0.1) is 0 Å². The van der Waals surface area contributed by atoms with E-state index in [1.165, 1.54) is 0 Å². The third-order valence-corrected chi connectivity index (χ3v) is 1.61. The molecule has 1 aromatic rings. The standard InChI is InChI=1S/C9H12N2O2/c10-8(11-9(12)13)6-7-4-2-1-3-5-7/h1-5,8,11H,6,10H2,(H,12,13). The van der Waals surface area contributed by atoms with E-state index in [0.29, 0.717) is 6.42 Å². The van der Waals surface area contributed by atoms with Gasteiger partial charge in [0.1, 0.15) is 0 Å². The van der Waals surface area contributed by atoms with Gasteiger partial charge in [-0.2, -0.15) is 0 Å². The summed E-state index contributed by atoms with van der Waals surface area (Å²) in [6.07, 6.45) is -1.13. The zero-order valence-electron chi connectivity index (χ0n) is 7.10. The molecule has 0 aliphatic rings. The topological polar surface area (TPSA) is 75.3 Å². The number of hydrogen-bond acceptors (Lipinski definition) is 2. The van der Waals surface area contributed by atoms with Crippen LogP contribution in [-0.4, -0.2) is 17.4 Å². The highest BCUT2D eigenvalue weighted by Crippen LogP contribution is 1.99. The molecule has 4 heteroatoms. The van der Waals surface area contributed by atoms with Gasteiger partial charge in [0.2, 0.25) is 0 Å². The Hall–Kier alpha value is -1.55. The first-order chi connectivity index (χ1) is 6.18. The second kappa shape index (κ2) is 4.47. The lowest BCUT2D eigenvalue weighted by Gasteiger charge is -2.10. The first-order valence-electron chi connectivity index (χ1n) is 3.97. The Bertz CT molecular complexity index is 274. The van der Waals surface area contributed by atoms with Crippen LogP contribution in [0.1, 0.15) is 5.56 Å². The van der Waals surface area contributed by atoms with Gasteiger partial charge < -0.3 is 16.2 Å². The Morgan fingerprint density at radius 1 is 1.46 bits per heavy atom. The molecule has 4 nitrogen and oxygen atoms in total. The van der Waals surface area contributed by atoms with Crippen molar-refractivity contribution in [2.45, 2.75) is 12.6 Å². The van der Waals surface area contributed by atoms with E-state index in [0.717, 1.165) is 5.56 Å². The zero-order valence-corrected chi connectivity index (χ0v) is 7.10. The molecule has 1 unspecified atom stereocenters. The van der Waals surface area contributed by atoms with Crippen LogP contribution in [0, 0.1) is 0 Å². The van der Waals surface area contributed by atoms with Crippen molar-refractivity contribution in [3.8, 4) is 0 Å². The Morgan fingerprint density at radius 3 is 2.62 bits per heavy atom. The summed E-state index contributed by atoms with van der Waals surface area (Å²) in [5.74, 6) is 0. The van der Waals surface area contributed by atoms with E-state index >= 15 is 0 Å². The molecule has 0 spiro atoms. The summed E-state index contributed by atoms with van der Waals surface area (Å²) in [7, 11) is 0. The molecule has 1 rings (SSSR count). The number of carboxylic acid groups (broad SMARTS) is 1. The summed E-state index contributed by atoms with van der Waals surface area (Å²) in [5.41, 5.74) is 6.53. The molecular weight excluding hydrogens is 168 g/mol. The monoisotopic (exact) mass is 180 g/mol. The van der Waals surface area contributed by atoms with Crippen LogP contribution in [0.5, 0.6) is 0 Å². The predicted molar refractivity (Wildman–Crippen MR) is 49.3 cm³/mol. The highest BCUT2D eigenvalue weighted by molar-refractivity contribution is 5.64. The van der Waals surface area contributed by atoms with Crippen LogP contribution in [0.2, 0.25) is 0 Å². The van der Waals surface area contributed by atoms with E-state index in [2.05, 4.69) is 5.32 Å². The lowest BCUT2D eigenvalue weighted by molar-refractivity contribution is 0.190. The van der Waals surface area contributed by atoms with Crippen molar-refractivity contribution in [1.82, 2.24) is 5.32 Å². The average Bonchev–Trinajstić information content (AvgIpc) is 2.04. The summed E-state index contributed by atoms with van der Waals surface area (Å²) < 4.78 is 0. The van der Waals surface area contributed by atoms with Gasteiger partial charge in [0.05, 0.1) is 6.17 Å². The Labute approximate surface area is 76.4 Å². The molecule has 1 atom stereocenters. The molecular formula is C9H12N2O2. The van der Waals surface area contributed by atoms with Gasteiger partial charge in [0.25, 0.3) is 0 Å². The Balaban J connectivity index is 2.45. The lowest BCUT2D eigenvalue weighted by Crippen LogP contribution is -2.42. The second-order valence-electron chi connectivity index (χ2n) is 2.75. The average molecular weight is 180 g/mol. The highest BCUT2D eigenvalue weighted by atomic mass is 16.4. The molecule has 0 aromatic heterocycles. The van der Waals surface area contributed by atoms with Crippen molar-refractivity contribution >= 4 is 6.09 Å². The lowest BCUT2D eigenvalue weighted by atomic mass is 10.1. The van der Waals surface area contributed by atoms with Crippen LogP contribution >= 0.6 is 0 Å². The Kier molecular flexibility index (Phi) is 3.28. The smallest absolute Gasteiger partial charge is 0.405 e. The van der Waals surface area contributed by atoms with Gasteiger partial charge in [-0.05, 0) is 5.56 Å². The molecule has 1 amide bonds. The van der Waals surface area contributed by atoms with Crippen molar-refractivity contribution in [2.75, 3.05) is 0 Å². The Morgan fingerprint density at radius 2 is 2.08 bits per heavy atom. The molecule has 0 aliphatic carbocycles. The van der Waals surface area contributed by atoms with E-state index in [-0.39, 0.29) is 0 Å². The fraction of sp³-hybridized carbons (Fsp3) is 0.222. The maximum Gasteiger partial charge on any atom is 0.405 e. The quantitative estimate of drug-likeness (QED) is 0.602. The molecule has 0 radical (unpaired) electrons. The summed E-state index contributed by atoms with van der Waals surface area (Å²) in [6.45, 7) is 0. The van der Waals surface area contributed by atoms with Gasteiger partial charge in [0.15, 0.2) is 0 Å². The number of hydrogen-bond donors (Lipinski definition) is 3. The van der Waals surface area contributed by atoms with Crippen molar-refractivity contribution in [3.63, 3.8) is 0 Å². The van der Waals surface area contributed by atoms with E-state index in [4.69, 9.17) is 10.8 Å². The van der Waals surface area contributed by atoms with Gasteiger partial charge in [-0.3, -0.25) is 0 Å². The minimum Gasteiger partial charge on any atom is -0.465 e. The van der Waals surface area contributed by atoms with Gasteiger partial charge in [-0.25, -0.2) is 4.79 Å². The van der Waals surface area contributed by atoms with Crippen molar-refractivity contribution in [1.29, 1.82) is 0 Å². The maximum absolute atomic E-state index is 10.2. The number of nitrogens with one attached hydrogen (secondary N) is 1. The first kappa shape index (κ1) is 9.54. The minimum absolute atomic E-state index is 0.507. The third kappa shape index (κ3) is 3.57. The van der Waals surface area contributed by atoms with Gasteiger partial charge in [0, 0.05) is 6.42 Å². The van der Waals surface area contributed by atoms with Gasteiger partial charge >= 0.3 is 6.09 Å². The van der Waals surface area contributed by atoms with Crippen molar-refractivity contribution in [2.24, 2.45) is 5.73 Å². The van der Waals surface area contributed by atoms with E-state index in [9.17, 15) is 4.79 Å². The van der Waals surface area contributed by atoms with Crippen molar-refractivity contribution in [3.05, 3.63) is 35.9 Å². The fourth-order valence-corrected chi connectivity index (χ4v) is 1.08. The number of carbonyl (C=O) groups is 1. The van der Waals surface area contributed by atoms with Crippen LogP contribution in [0.25, 0.3) is 0 Å². The summed E-state index contributed by atoms with van der Waals surface area (Å²) in [6, 6.07) is 9.50. The molecule has 13 heavy (non-hydrogen) atoms.